The molecule has 0 saturated carbocycles. The van der Waals surface area contributed by atoms with E-state index in [1.54, 1.807) is 0 Å². The molecule has 1 amide bonds. The summed E-state index contributed by atoms with van der Waals surface area (Å²) < 4.78 is 25.5. The molecule has 1 fully saturated rings. The number of benzene rings is 2. The van der Waals surface area contributed by atoms with Gasteiger partial charge in [-0.15, -0.1) is 0 Å². The van der Waals surface area contributed by atoms with E-state index in [1.807, 2.05) is 35.2 Å². The highest BCUT2D eigenvalue weighted by Gasteiger charge is 2.27. The summed E-state index contributed by atoms with van der Waals surface area (Å²) in [5.74, 6) is 0.136. The molecule has 6 heteroatoms. The lowest BCUT2D eigenvalue weighted by molar-refractivity contribution is -0.132. The molecule has 0 bridgehead atoms. The molecule has 0 aliphatic carbocycles. The number of hydrogen-bond acceptors (Lipinski definition) is 3. The van der Waals surface area contributed by atoms with Crippen LogP contribution in [-0.2, 0) is 14.8 Å². The average molecular weight is 401 g/mol. The lowest BCUT2D eigenvalue weighted by Gasteiger charge is -2.33. The second-order valence-electron chi connectivity index (χ2n) is 7.57. The highest BCUT2D eigenvalue weighted by Crippen LogP contribution is 2.31. The minimum absolute atomic E-state index is 0.0155. The minimum atomic E-state index is -3.21. The van der Waals surface area contributed by atoms with Gasteiger partial charge in [0.25, 0.3) is 0 Å². The van der Waals surface area contributed by atoms with Crippen molar-refractivity contribution in [1.82, 2.24) is 9.62 Å². The quantitative estimate of drug-likeness (QED) is 0.810. The zero-order chi connectivity index (χ0) is 20.1. The summed E-state index contributed by atoms with van der Waals surface area (Å²) in [6.07, 6.45) is 2.90. The molecular weight excluding hydrogens is 372 g/mol. The molecular formula is C22H28N2O3S. The maximum absolute atomic E-state index is 13.0. The summed E-state index contributed by atoms with van der Waals surface area (Å²) in [7, 11) is -3.21. The first-order valence-electron chi connectivity index (χ1n) is 9.69. The Kier molecular flexibility index (Phi) is 6.52. The van der Waals surface area contributed by atoms with Crippen LogP contribution < -0.4 is 4.72 Å². The van der Waals surface area contributed by atoms with E-state index in [0.29, 0.717) is 32.4 Å². The van der Waals surface area contributed by atoms with Crippen molar-refractivity contribution in [2.75, 3.05) is 19.3 Å². The first kappa shape index (κ1) is 20.6. The SMILES string of the molecule is Cc1ccccc1[C@H](CC(=O)N1CCC(NS(C)(=O)=O)CC1)c1ccccc1. The van der Waals surface area contributed by atoms with Gasteiger partial charge in [0.05, 0.1) is 6.26 Å². The summed E-state index contributed by atoms with van der Waals surface area (Å²) in [6, 6.07) is 18.3. The number of carbonyl (C=O) groups is 1. The number of rotatable bonds is 6. The molecule has 0 spiro atoms. The molecule has 1 aliphatic rings. The molecule has 2 aromatic rings. The van der Waals surface area contributed by atoms with Crippen LogP contribution in [0.15, 0.2) is 54.6 Å². The summed E-state index contributed by atoms with van der Waals surface area (Å²) in [4.78, 5) is 14.9. The van der Waals surface area contributed by atoms with E-state index in [1.165, 1.54) is 17.4 Å². The number of carbonyl (C=O) groups excluding carboxylic acids is 1. The Labute approximate surface area is 167 Å². The molecule has 0 aromatic heterocycles. The van der Waals surface area contributed by atoms with Crippen LogP contribution in [0.1, 0.15) is 41.9 Å². The molecule has 2 aromatic carbocycles. The van der Waals surface area contributed by atoms with Crippen molar-refractivity contribution in [2.24, 2.45) is 0 Å². The van der Waals surface area contributed by atoms with Crippen LogP contribution in [0.4, 0.5) is 0 Å². The van der Waals surface area contributed by atoms with Crippen molar-refractivity contribution >= 4 is 15.9 Å². The molecule has 5 nitrogen and oxygen atoms in total. The highest BCUT2D eigenvalue weighted by atomic mass is 32.2. The van der Waals surface area contributed by atoms with Crippen LogP contribution >= 0.6 is 0 Å². The van der Waals surface area contributed by atoms with Crippen molar-refractivity contribution in [3.05, 3.63) is 71.3 Å². The van der Waals surface area contributed by atoms with Gasteiger partial charge in [0.2, 0.25) is 15.9 Å². The van der Waals surface area contributed by atoms with Gasteiger partial charge in [0.15, 0.2) is 0 Å². The van der Waals surface area contributed by atoms with Gasteiger partial charge in [-0.3, -0.25) is 4.79 Å². The first-order chi connectivity index (χ1) is 13.3. The van der Waals surface area contributed by atoms with E-state index in [-0.39, 0.29) is 17.9 Å². The van der Waals surface area contributed by atoms with Crippen molar-refractivity contribution in [2.45, 2.75) is 38.1 Å². The van der Waals surface area contributed by atoms with E-state index in [0.717, 1.165) is 5.56 Å². The van der Waals surface area contributed by atoms with Crippen LogP contribution in [0.3, 0.4) is 0 Å². The molecule has 0 unspecified atom stereocenters. The Morgan fingerprint density at radius 2 is 1.68 bits per heavy atom. The van der Waals surface area contributed by atoms with Gasteiger partial charge in [-0.05, 0) is 36.5 Å². The third-order valence-corrected chi connectivity index (χ3v) is 6.13. The van der Waals surface area contributed by atoms with Crippen LogP contribution in [0.2, 0.25) is 0 Å². The molecule has 150 valence electrons. The van der Waals surface area contributed by atoms with E-state index in [9.17, 15) is 13.2 Å². The third kappa shape index (κ3) is 5.42. The van der Waals surface area contributed by atoms with Crippen molar-refractivity contribution in [1.29, 1.82) is 0 Å². The average Bonchev–Trinajstić information content (AvgIpc) is 2.67. The highest BCUT2D eigenvalue weighted by molar-refractivity contribution is 7.88. The predicted octanol–water partition coefficient (Wildman–Crippen LogP) is 3.06. The third-order valence-electron chi connectivity index (χ3n) is 5.37. The lowest BCUT2D eigenvalue weighted by Crippen LogP contribution is -2.46. The molecule has 1 heterocycles. The number of nitrogens with one attached hydrogen (secondary N) is 1. The van der Waals surface area contributed by atoms with Crippen LogP contribution in [0, 0.1) is 6.92 Å². The largest absolute Gasteiger partial charge is 0.343 e. The number of likely N-dealkylation sites (tertiary alicyclic amines) is 1. The Balaban J connectivity index is 1.72. The predicted molar refractivity (Wildman–Crippen MR) is 112 cm³/mol. The van der Waals surface area contributed by atoms with E-state index >= 15 is 0 Å². The van der Waals surface area contributed by atoms with Gasteiger partial charge in [-0.1, -0.05) is 54.6 Å². The number of amides is 1. The molecule has 1 aliphatic heterocycles. The van der Waals surface area contributed by atoms with Crippen LogP contribution in [0.5, 0.6) is 0 Å². The second-order valence-corrected chi connectivity index (χ2v) is 9.35. The first-order valence-corrected chi connectivity index (χ1v) is 11.6. The number of hydrogen-bond donors (Lipinski definition) is 1. The maximum atomic E-state index is 13.0. The number of nitrogens with zero attached hydrogens (tertiary/aromatic N) is 1. The Morgan fingerprint density at radius 3 is 2.29 bits per heavy atom. The fraction of sp³-hybridized carbons (Fsp3) is 0.409. The van der Waals surface area contributed by atoms with Crippen molar-refractivity contribution in [3.8, 4) is 0 Å². The molecule has 3 rings (SSSR count). The number of sulfonamides is 1. The van der Waals surface area contributed by atoms with Gasteiger partial charge in [0, 0.05) is 31.5 Å². The van der Waals surface area contributed by atoms with Gasteiger partial charge in [0.1, 0.15) is 0 Å². The molecule has 1 atom stereocenters. The second kappa shape index (κ2) is 8.88. The monoisotopic (exact) mass is 400 g/mol. The Morgan fingerprint density at radius 1 is 1.07 bits per heavy atom. The van der Waals surface area contributed by atoms with Crippen LogP contribution in [0.25, 0.3) is 0 Å². The Hall–Kier alpha value is -2.18. The topological polar surface area (TPSA) is 66.5 Å². The number of piperidine rings is 1. The van der Waals surface area contributed by atoms with Gasteiger partial charge in [-0.2, -0.15) is 0 Å². The smallest absolute Gasteiger partial charge is 0.223 e. The molecule has 1 saturated heterocycles. The van der Waals surface area contributed by atoms with Gasteiger partial charge < -0.3 is 4.90 Å². The Bertz CT molecular complexity index is 904. The van der Waals surface area contributed by atoms with Crippen molar-refractivity contribution < 1.29 is 13.2 Å². The van der Waals surface area contributed by atoms with Gasteiger partial charge >= 0.3 is 0 Å². The summed E-state index contributed by atoms with van der Waals surface area (Å²) >= 11 is 0. The zero-order valence-corrected chi connectivity index (χ0v) is 17.3. The fourth-order valence-corrected chi connectivity index (χ4v) is 4.76. The van der Waals surface area contributed by atoms with E-state index in [2.05, 4.69) is 35.9 Å². The van der Waals surface area contributed by atoms with E-state index in [4.69, 9.17) is 0 Å². The normalized spacial score (nSPS) is 16.7. The molecule has 28 heavy (non-hydrogen) atoms. The minimum Gasteiger partial charge on any atom is -0.343 e. The number of aryl methyl sites for hydroxylation is 1. The summed E-state index contributed by atoms with van der Waals surface area (Å²) in [5.41, 5.74) is 3.50. The molecule has 0 radical (unpaired) electrons. The van der Waals surface area contributed by atoms with Crippen LogP contribution in [-0.4, -0.2) is 44.6 Å². The van der Waals surface area contributed by atoms with Gasteiger partial charge in [-0.25, -0.2) is 13.1 Å². The standard InChI is InChI=1S/C22H28N2O3S/c1-17-8-6-7-11-20(17)21(18-9-4-3-5-10-18)16-22(25)24-14-12-19(13-15-24)23-28(2,26)27/h3-11,19,21,23H,12-16H2,1-2H3/t21-/m1/s1. The zero-order valence-electron chi connectivity index (χ0n) is 16.5. The molecule has 1 N–H and O–H groups in total. The van der Waals surface area contributed by atoms with Crippen molar-refractivity contribution in [3.63, 3.8) is 0 Å². The maximum Gasteiger partial charge on any atom is 0.223 e. The summed E-state index contributed by atoms with van der Waals surface area (Å²) in [5, 5.41) is 0. The lowest BCUT2D eigenvalue weighted by atomic mass is 9.85. The summed E-state index contributed by atoms with van der Waals surface area (Å²) in [6.45, 7) is 3.25. The fourth-order valence-electron chi connectivity index (χ4n) is 3.92. The van der Waals surface area contributed by atoms with E-state index < -0.39 is 10.0 Å².